The van der Waals surface area contributed by atoms with E-state index < -0.39 is 41.7 Å². The van der Waals surface area contributed by atoms with Crippen molar-refractivity contribution < 1.29 is 43.2 Å². The smallest absolute Gasteiger partial charge is 0.408 e. The highest BCUT2D eigenvalue weighted by Gasteiger charge is 2.35. The van der Waals surface area contributed by atoms with Crippen LogP contribution in [0.25, 0.3) is 0 Å². The number of amides is 1. The molecule has 2 N–H and O–H groups in total. The molecule has 0 saturated heterocycles. The highest BCUT2D eigenvalue weighted by molar-refractivity contribution is 5.92. The minimum atomic E-state index is -1.48. The number of ether oxygens (including phenoxy) is 5. The summed E-state index contributed by atoms with van der Waals surface area (Å²) in [6, 6.07) is 39.3. The first kappa shape index (κ1) is 39.9. The molecule has 0 aliphatic carbocycles. The zero-order chi connectivity index (χ0) is 39.2. The molecule has 0 saturated carbocycles. The molecule has 5 aromatic carbocycles. The molecule has 2 unspecified atom stereocenters. The molecule has 0 spiro atoms. The normalized spacial score (nSPS) is 12.7. The van der Waals surface area contributed by atoms with Gasteiger partial charge in [-0.2, -0.15) is 0 Å². The SMILES string of the molecule is CC(CC(c1ccc(OCc2ccccc2)c(OCc2ccccc2)c1)[C@@H](NC(=O)OC(C)(C)C)C(=O)O)OC(=O)c1ccccc1OCc1ccccc1. The van der Waals surface area contributed by atoms with Gasteiger partial charge in [-0.3, -0.25) is 0 Å². The van der Waals surface area contributed by atoms with Crippen LogP contribution in [0.4, 0.5) is 4.79 Å². The summed E-state index contributed by atoms with van der Waals surface area (Å²) in [5.74, 6) is -1.69. The third kappa shape index (κ3) is 12.4. The summed E-state index contributed by atoms with van der Waals surface area (Å²) in [7, 11) is 0. The van der Waals surface area contributed by atoms with Crippen LogP contribution < -0.4 is 19.5 Å². The Morgan fingerprint density at radius 1 is 0.636 bits per heavy atom. The highest BCUT2D eigenvalue weighted by Crippen LogP contribution is 2.36. The number of nitrogens with one attached hydrogen (secondary N) is 1. The quantitative estimate of drug-likeness (QED) is 0.0896. The van der Waals surface area contributed by atoms with Crippen LogP contribution in [0.3, 0.4) is 0 Å². The van der Waals surface area contributed by atoms with Crippen molar-refractivity contribution in [1.82, 2.24) is 5.32 Å². The molecule has 0 aromatic heterocycles. The molecule has 0 bridgehead atoms. The van der Waals surface area contributed by atoms with Crippen LogP contribution >= 0.6 is 0 Å². The molecule has 10 nitrogen and oxygen atoms in total. The van der Waals surface area contributed by atoms with Gasteiger partial charge in [0.25, 0.3) is 0 Å². The highest BCUT2D eigenvalue weighted by atomic mass is 16.6. The first-order valence-electron chi connectivity index (χ1n) is 18.1. The van der Waals surface area contributed by atoms with Gasteiger partial charge in [0, 0.05) is 5.92 Å². The van der Waals surface area contributed by atoms with Crippen LogP contribution in [0.2, 0.25) is 0 Å². The van der Waals surface area contributed by atoms with Gasteiger partial charge in [0.15, 0.2) is 11.5 Å². The average Bonchev–Trinajstić information content (AvgIpc) is 3.17. The zero-order valence-electron chi connectivity index (χ0n) is 31.5. The second-order valence-corrected chi connectivity index (χ2v) is 14.0. The molecule has 0 aliphatic heterocycles. The van der Waals surface area contributed by atoms with Gasteiger partial charge in [0.2, 0.25) is 0 Å². The van der Waals surface area contributed by atoms with E-state index >= 15 is 0 Å². The molecule has 5 rings (SSSR count). The largest absolute Gasteiger partial charge is 0.488 e. The summed E-state index contributed by atoms with van der Waals surface area (Å²) < 4.78 is 29.9. The summed E-state index contributed by atoms with van der Waals surface area (Å²) in [5.41, 5.74) is 2.66. The number of para-hydroxylation sites is 1. The molecular weight excluding hydrogens is 698 g/mol. The van der Waals surface area contributed by atoms with Crippen LogP contribution in [0.5, 0.6) is 17.2 Å². The topological polar surface area (TPSA) is 130 Å². The lowest BCUT2D eigenvalue weighted by atomic mass is 9.86. The summed E-state index contributed by atoms with van der Waals surface area (Å²) in [6.07, 6.45) is -1.71. The third-order valence-electron chi connectivity index (χ3n) is 8.45. The van der Waals surface area contributed by atoms with E-state index in [1.807, 2.05) is 91.0 Å². The lowest BCUT2D eigenvalue weighted by molar-refractivity contribution is -0.140. The molecule has 0 heterocycles. The number of esters is 1. The number of rotatable bonds is 17. The Labute approximate surface area is 322 Å². The van der Waals surface area contributed by atoms with Crippen molar-refractivity contribution in [3.63, 3.8) is 0 Å². The Morgan fingerprint density at radius 2 is 1.13 bits per heavy atom. The molecule has 10 heteroatoms. The van der Waals surface area contributed by atoms with Crippen molar-refractivity contribution >= 4 is 18.0 Å². The number of benzene rings is 5. The van der Waals surface area contributed by atoms with Crippen molar-refractivity contribution in [3.05, 3.63) is 161 Å². The molecule has 286 valence electrons. The van der Waals surface area contributed by atoms with Gasteiger partial charge in [-0.1, -0.05) is 109 Å². The van der Waals surface area contributed by atoms with Crippen molar-refractivity contribution in [2.75, 3.05) is 0 Å². The maximum atomic E-state index is 13.6. The number of carboxylic acid groups (broad SMARTS) is 1. The summed E-state index contributed by atoms with van der Waals surface area (Å²) in [4.78, 5) is 39.6. The Hall–Kier alpha value is -6.29. The standard InChI is InChI=1S/C45H47NO9/c1-31(54-43(49)36-22-14-15-23-38(36)51-28-32-16-8-5-9-17-32)26-37(41(42(47)48)46-44(50)55-45(2,3)4)35-24-25-39(52-29-33-18-10-6-11-19-33)40(27-35)53-30-34-20-12-7-13-21-34/h5-25,27,31,37,41H,26,28-30H2,1-4H3,(H,46,50)(H,47,48)/t31?,37?,41-/m1/s1. The number of hydrogen-bond acceptors (Lipinski definition) is 8. The number of alkyl carbamates (subject to hydrolysis) is 1. The van der Waals surface area contributed by atoms with Gasteiger partial charge >= 0.3 is 18.0 Å². The van der Waals surface area contributed by atoms with Crippen molar-refractivity contribution in [2.24, 2.45) is 0 Å². The van der Waals surface area contributed by atoms with Crippen LogP contribution in [0.1, 0.15) is 72.6 Å². The van der Waals surface area contributed by atoms with Gasteiger partial charge in [-0.05, 0) is 80.6 Å². The van der Waals surface area contributed by atoms with E-state index in [4.69, 9.17) is 23.7 Å². The van der Waals surface area contributed by atoms with Crippen LogP contribution in [-0.4, -0.2) is 40.9 Å². The summed E-state index contributed by atoms with van der Waals surface area (Å²) in [6.45, 7) is 7.48. The number of hydrogen-bond donors (Lipinski definition) is 2. The van der Waals surface area contributed by atoms with Gasteiger partial charge in [-0.15, -0.1) is 0 Å². The Kier molecular flexibility index (Phi) is 13.9. The van der Waals surface area contributed by atoms with Crippen molar-refractivity contribution in [2.45, 2.75) is 77.6 Å². The van der Waals surface area contributed by atoms with Gasteiger partial charge < -0.3 is 34.1 Å². The molecule has 1 amide bonds. The fourth-order valence-electron chi connectivity index (χ4n) is 5.84. The van der Waals surface area contributed by atoms with E-state index in [-0.39, 0.29) is 31.8 Å². The molecule has 3 atom stereocenters. The molecule has 0 radical (unpaired) electrons. The van der Waals surface area contributed by atoms with E-state index in [1.54, 1.807) is 70.2 Å². The monoisotopic (exact) mass is 745 g/mol. The van der Waals surface area contributed by atoms with Crippen LogP contribution in [0.15, 0.2) is 133 Å². The lowest BCUT2D eigenvalue weighted by Gasteiger charge is -2.29. The maximum Gasteiger partial charge on any atom is 0.408 e. The molecule has 0 fully saturated rings. The van der Waals surface area contributed by atoms with E-state index in [0.29, 0.717) is 22.8 Å². The Balaban J connectivity index is 1.43. The number of carboxylic acids is 1. The molecule has 5 aromatic rings. The van der Waals surface area contributed by atoms with E-state index in [1.165, 1.54) is 0 Å². The second-order valence-electron chi connectivity index (χ2n) is 14.0. The third-order valence-corrected chi connectivity index (χ3v) is 8.45. The fraction of sp³-hybridized carbons (Fsp3) is 0.267. The minimum absolute atomic E-state index is 0.00783. The number of carbonyl (C=O) groups is 3. The van der Waals surface area contributed by atoms with Crippen molar-refractivity contribution in [1.29, 1.82) is 0 Å². The lowest BCUT2D eigenvalue weighted by Crippen LogP contribution is -2.47. The van der Waals surface area contributed by atoms with Crippen LogP contribution in [0, 0.1) is 0 Å². The van der Waals surface area contributed by atoms with E-state index in [2.05, 4.69) is 5.32 Å². The number of carbonyl (C=O) groups excluding carboxylic acids is 2. The maximum absolute atomic E-state index is 13.6. The molecular formula is C45H47NO9. The van der Waals surface area contributed by atoms with Gasteiger partial charge in [0.1, 0.15) is 48.9 Å². The Bertz CT molecular complexity index is 2000. The summed E-state index contributed by atoms with van der Waals surface area (Å²) in [5, 5.41) is 13.1. The van der Waals surface area contributed by atoms with Gasteiger partial charge in [0.05, 0.1) is 0 Å². The minimum Gasteiger partial charge on any atom is -0.488 e. The average molecular weight is 746 g/mol. The van der Waals surface area contributed by atoms with Crippen LogP contribution in [-0.2, 0) is 34.1 Å². The first-order valence-corrected chi connectivity index (χ1v) is 18.1. The predicted molar refractivity (Wildman–Crippen MR) is 208 cm³/mol. The Morgan fingerprint density at radius 3 is 1.65 bits per heavy atom. The zero-order valence-corrected chi connectivity index (χ0v) is 31.5. The number of aliphatic carboxylic acids is 1. The molecule has 55 heavy (non-hydrogen) atoms. The molecule has 0 aliphatic rings. The first-order chi connectivity index (χ1) is 26.4. The van der Waals surface area contributed by atoms with E-state index in [0.717, 1.165) is 16.7 Å². The van der Waals surface area contributed by atoms with Crippen molar-refractivity contribution in [3.8, 4) is 17.2 Å². The predicted octanol–water partition coefficient (Wildman–Crippen LogP) is 9.12. The van der Waals surface area contributed by atoms with Gasteiger partial charge in [-0.25, -0.2) is 14.4 Å². The fourth-order valence-corrected chi connectivity index (χ4v) is 5.84. The second kappa shape index (κ2) is 19.2. The summed E-state index contributed by atoms with van der Waals surface area (Å²) >= 11 is 0. The van der Waals surface area contributed by atoms with E-state index in [9.17, 15) is 19.5 Å².